The molecule has 2 amide bonds. The van der Waals surface area contributed by atoms with Crippen molar-refractivity contribution < 1.29 is 14.3 Å². The van der Waals surface area contributed by atoms with Gasteiger partial charge in [-0.05, 0) is 65.6 Å². The van der Waals surface area contributed by atoms with Crippen LogP contribution in [0.15, 0.2) is 42.5 Å². The van der Waals surface area contributed by atoms with E-state index in [1.807, 2.05) is 41.3 Å². The van der Waals surface area contributed by atoms with Gasteiger partial charge in [-0.15, -0.1) is 0 Å². The molecule has 0 saturated heterocycles. The average Bonchev–Trinajstić information content (AvgIpc) is 3.56. The Morgan fingerprint density at radius 3 is 2.47 bits per heavy atom. The van der Waals surface area contributed by atoms with E-state index >= 15 is 0 Å². The number of hydrogen-bond acceptors (Lipinski definition) is 3. The molecule has 1 saturated carbocycles. The minimum absolute atomic E-state index is 0.0434. The zero-order valence-electron chi connectivity index (χ0n) is 18.0. The van der Waals surface area contributed by atoms with Crippen molar-refractivity contribution in [3.8, 4) is 5.75 Å². The third kappa shape index (κ3) is 4.84. The van der Waals surface area contributed by atoms with Gasteiger partial charge >= 0.3 is 0 Å². The minimum Gasteiger partial charge on any atom is -0.484 e. The number of ether oxygens (including phenoxy) is 1. The second kappa shape index (κ2) is 8.13. The number of fused-ring (bicyclic) bond motifs is 1. The monoisotopic (exact) mass is 406 g/mol. The summed E-state index contributed by atoms with van der Waals surface area (Å²) in [6.45, 7) is 7.86. The Labute approximate surface area is 178 Å². The molecule has 0 atom stereocenters. The van der Waals surface area contributed by atoms with Gasteiger partial charge in [0.1, 0.15) is 5.75 Å². The summed E-state index contributed by atoms with van der Waals surface area (Å²) < 4.78 is 5.64. The highest BCUT2D eigenvalue weighted by Gasteiger charge is 2.34. The molecule has 0 radical (unpaired) electrons. The molecule has 2 aromatic carbocycles. The lowest BCUT2D eigenvalue weighted by Crippen LogP contribution is -2.36. The molecule has 158 valence electrons. The molecule has 1 heterocycles. The number of amides is 2. The van der Waals surface area contributed by atoms with Crippen LogP contribution in [-0.4, -0.2) is 29.9 Å². The van der Waals surface area contributed by atoms with Gasteiger partial charge in [-0.25, -0.2) is 0 Å². The second-order valence-corrected chi connectivity index (χ2v) is 9.38. The van der Waals surface area contributed by atoms with Crippen LogP contribution in [0.25, 0.3) is 0 Å². The lowest BCUT2D eigenvalue weighted by Gasteiger charge is -2.29. The van der Waals surface area contributed by atoms with Gasteiger partial charge in [0, 0.05) is 24.7 Å². The van der Waals surface area contributed by atoms with Gasteiger partial charge in [-0.2, -0.15) is 0 Å². The maximum atomic E-state index is 12.4. The Kier molecular flexibility index (Phi) is 5.54. The summed E-state index contributed by atoms with van der Waals surface area (Å²) in [7, 11) is 0. The predicted octanol–water partition coefficient (Wildman–Crippen LogP) is 4.30. The van der Waals surface area contributed by atoms with E-state index in [-0.39, 0.29) is 29.8 Å². The van der Waals surface area contributed by atoms with Crippen molar-refractivity contribution in [2.24, 2.45) is 5.92 Å². The largest absolute Gasteiger partial charge is 0.484 e. The molecule has 0 spiro atoms. The minimum atomic E-state index is -0.198. The average molecular weight is 407 g/mol. The normalized spacial score (nSPS) is 16.0. The number of nitrogens with zero attached hydrogens (tertiary/aromatic N) is 1. The lowest BCUT2D eigenvalue weighted by atomic mass is 9.87. The molecule has 0 aromatic heterocycles. The third-order valence-electron chi connectivity index (χ3n) is 5.83. The van der Waals surface area contributed by atoms with Gasteiger partial charge in [0.15, 0.2) is 6.61 Å². The van der Waals surface area contributed by atoms with E-state index in [0.29, 0.717) is 12.3 Å². The fourth-order valence-electron chi connectivity index (χ4n) is 3.81. The Balaban J connectivity index is 1.32. The fourth-order valence-corrected chi connectivity index (χ4v) is 3.81. The number of carbonyl (C=O) groups excluding carboxylic acids is 2. The number of hydrogen-bond donors (Lipinski definition) is 1. The molecular weight excluding hydrogens is 376 g/mol. The van der Waals surface area contributed by atoms with Crippen LogP contribution in [0.2, 0.25) is 0 Å². The number of rotatable bonds is 5. The summed E-state index contributed by atoms with van der Waals surface area (Å²) in [5, 5.41) is 2.91. The van der Waals surface area contributed by atoms with Crippen LogP contribution in [0.3, 0.4) is 0 Å². The van der Waals surface area contributed by atoms with Crippen molar-refractivity contribution in [1.82, 2.24) is 4.90 Å². The molecule has 30 heavy (non-hydrogen) atoms. The molecule has 0 unspecified atom stereocenters. The summed E-state index contributed by atoms with van der Waals surface area (Å²) in [5.74, 6) is 0.999. The number of carbonyl (C=O) groups is 2. The second-order valence-electron chi connectivity index (χ2n) is 9.38. The SMILES string of the molecule is CC(C)(C)c1ccc(OCC(=O)Nc2ccc3c(c2)CN(C(=O)C2CC2)CC3)cc1. The zero-order chi connectivity index (χ0) is 21.3. The first-order valence-electron chi connectivity index (χ1n) is 10.7. The fraction of sp³-hybridized carbons (Fsp3) is 0.440. The Morgan fingerprint density at radius 2 is 1.80 bits per heavy atom. The van der Waals surface area contributed by atoms with Crippen molar-refractivity contribution in [2.45, 2.75) is 52.0 Å². The van der Waals surface area contributed by atoms with E-state index in [4.69, 9.17) is 4.74 Å². The summed E-state index contributed by atoms with van der Waals surface area (Å²) >= 11 is 0. The quantitative estimate of drug-likeness (QED) is 0.806. The maximum Gasteiger partial charge on any atom is 0.262 e. The Bertz CT molecular complexity index is 940. The first-order chi connectivity index (χ1) is 14.3. The van der Waals surface area contributed by atoms with E-state index in [9.17, 15) is 9.59 Å². The number of anilines is 1. The first-order valence-corrected chi connectivity index (χ1v) is 10.7. The summed E-state index contributed by atoms with van der Waals surface area (Å²) in [6, 6.07) is 13.8. The highest BCUT2D eigenvalue weighted by molar-refractivity contribution is 5.92. The topological polar surface area (TPSA) is 58.6 Å². The van der Waals surface area contributed by atoms with Crippen LogP contribution >= 0.6 is 0 Å². The van der Waals surface area contributed by atoms with Crippen LogP contribution in [0, 0.1) is 5.92 Å². The predicted molar refractivity (Wildman–Crippen MR) is 118 cm³/mol. The third-order valence-corrected chi connectivity index (χ3v) is 5.83. The van der Waals surface area contributed by atoms with Gasteiger partial charge in [-0.3, -0.25) is 9.59 Å². The van der Waals surface area contributed by atoms with E-state index in [0.717, 1.165) is 37.1 Å². The molecule has 0 bridgehead atoms. The standard InChI is InChI=1S/C25H30N2O3/c1-25(2,3)20-7-10-22(11-8-20)30-16-23(28)26-21-9-6-17-12-13-27(15-19(17)14-21)24(29)18-4-5-18/h6-11,14,18H,4-5,12-13,15-16H2,1-3H3,(H,26,28). The van der Waals surface area contributed by atoms with Gasteiger partial charge in [0.05, 0.1) is 0 Å². The van der Waals surface area contributed by atoms with Crippen molar-refractivity contribution in [1.29, 1.82) is 0 Å². The van der Waals surface area contributed by atoms with E-state index in [1.165, 1.54) is 11.1 Å². The highest BCUT2D eigenvalue weighted by atomic mass is 16.5. The van der Waals surface area contributed by atoms with Gasteiger partial charge < -0.3 is 15.0 Å². The summed E-state index contributed by atoms with van der Waals surface area (Å²) in [4.78, 5) is 26.7. The van der Waals surface area contributed by atoms with Gasteiger partial charge in [0.25, 0.3) is 5.91 Å². The van der Waals surface area contributed by atoms with Crippen molar-refractivity contribution in [2.75, 3.05) is 18.5 Å². The molecular formula is C25H30N2O3. The first kappa shape index (κ1) is 20.5. The van der Waals surface area contributed by atoms with E-state index < -0.39 is 0 Å². The van der Waals surface area contributed by atoms with Crippen LogP contribution < -0.4 is 10.1 Å². The molecule has 5 heteroatoms. The van der Waals surface area contributed by atoms with E-state index in [2.05, 4.69) is 32.2 Å². The molecule has 1 aliphatic heterocycles. The van der Waals surface area contributed by atoms with Crippen molar-refractivity contribution >= 4 is 17.5 Å². The van der Waals surface area contributed by atoms with Gasteiger partial charge in [-0.1, -0.05) is 39.0 Å². The summed E-state index contributed by atoms with van der Waals surface area (Å²) in [5.41, 5.74) is 4.42. The Morgan fingerprint density at radius 1 is 1.07 bits per heavy atom. The molecule has 5 nitrogen and oxygen atoms in total. The lowest BCUT2D eigenvalue weighted by molar-refractivity contribution is -0.133. The smallest absolute Gasteiger partial charge is 0.262 e. The van der Waals surface area contributed by atoms with Crippen LogP contribution in [0.4, 0.5) is 5.69 Å². The molecule has 1 aliphatic carbocycles. The number of benzene rings is 2. The van der Waals surface area contributed by atoms with Gasteiger partial charge in [0.2, 0.25) is 5.91 Å². The molecule has 1 fully saturated rings. The van der Waals surface area contributed by atoms with E-state index in [1.54, 1.807) is 0 Å². The molecule has 1 N–H and O–H groups in total. The molecule has 2 aliphatic rings. The number of nitrogens with one attached hydrogen (secondary N) is 1. The van der Waals surface area contributed by atoms with Crippen molar-refractivity contribution in [3.63, 3.8) is 0 Å². The van der Waals surface area contributed by atoms with Crippen LogP contribution in [0.1, 0.15) is 50.3 Å². The summed E-state index contributed by atoms with van der Waals surface area (Å²) in [6.07, 6.45) is 2.92. The Hall–Kier alpha value is -2.82. The molecule has 2 aromatic rings. The van der Waals surface area contributed by atoms with Crippen LogP contribution in [0.5, 0.6) is 5.75 Å². The van der Waals surface area contributed by atoms with Crippen LogP contribution in [-0.2, 0) is 28.0 Å². The maximum absolute atomic E-state index is 12.4. The highest BCUT2D eigenvalue weighted by Crippen LogP contribution is 2.33. The molecule has 4 rings (SSSR count). The van der Waals surface area contributed by atoms with Crippen molar-refractivity contribution in [3.05, 3.63) is 59.2 Å². The zero-order valence-corrected chi connectivity index (χ0v) is 18.0.